The molecule has 1 unspecified atom stereocenters. The molecule has 2 atom stereocenters. The SMILES string of the molecule is C=CCCC(Cc1ccccc1)OC(=O)N(C)[C@@H](CC(C)C)C(=O)O. The Morgan fingerprint density at radius 3 is 2.44 bits per heavy atom. The van der Waals surface area contributed by atoms with Crippen molar-refractivity contribution in [1.82, 2.24) is 4.90 Å². The summed E-state index contributed by atoms with van der Waals surface area (Å²) in [6.07, 6.45) is 3.23. The summed E-state index contributed by atoms with van der Waals surface area (Å²) in [4.78, 5) is 25.1. The summed E-state index contributed by atoms with van der Waals surface area (Å²) in [6.45, 7) is 7.57. The van der Waals surface area contributed by atoms with Gasteiger partial charge >= 0.3 is 12.1 Å². The molecular formula is C20H29NO4. The van der Waals surface area contributed by atoms with E-state index >= 15 is 0 Å². The summed E-state index contributed by atoms with van der Waals surface area (Å²) >= 11 is 0. The van der Waals surface area contributed by atoms with Crippen LogP contribution in [0.15, 0.2) is 43.0 Å². The molecule has 138 valence electrons. The van der Waals surface area contributed by atoms with Crippen molar-refractivity contribution < 1.29 is 19.4 Å². The zero-order valence-corrected chi connectivity index (χ0v) is 15.4. The number of allylic oxidation sites excluding steroid dienone is 1. The van der Waals surface area contributed by atoms with E-state index in [0.29, 0.717) is 19.3 Å². The van der Waals surface area contributed by atoms with Crippen molar-refractivity contribution in [2.24, 2.45) is 5.92 Å². The van der Waals surface area contributed by atoms with Gasteiger partial charge in [-0.2, -0.15) is 0 Å². The number of carboxylic acid groups (broad SMARTS) is 1. The molecule has 0 heterocycles. The van der Waals surface area contributed by atoms with Crippen LogP contribution < -0.4 is 0 Å². The third kappa shape index (κ3) is 7.42. The highest BCUT2D eigenvalue weighted by atomic mass is 16.6. The molecule has 5 nitrogen and oxygen atoms in total. The van der Waals surface area contributed by atoms with Gasteiger partial charge in [0.15, 0.2) is 0 Å². The summed E-state index contributed by atoms with van der Waals surface area (Å²) in [5.74, 6) is -0.851. The van der Waals surface area contributed by atoms with Gasteiger partial charge in [-0.25, -0.2) is 9.59 Å². The van der Waals surface area contributed by atoms with E-state index < -0.39 is 18.1 Å². The Kier molecular flexibility index (Phi) is 8.75. The Hall–Kier alpha value is -2.30. The highest BCUT2D eigenvalue weighted by Gasteiger charge is 2.29. The van der Waals surface area contributed by atoms with Crippen LogP contribution in [0.1, 0.15) is 38.7 Å². The lowest BCUT2D eigenvalue weighted by molar-refractivity contribution is -0.143. The number of aliphatic carboxylic acids is 1. The standard InChI is InChI=1S/C20H29NO4/c1-5-6-12-17(14-16-10-8-7-9-11-16)25-20(24)21(4)18(19(22)23)13-15(2)3/h5,7-11,15,17-18H,1,6,12-14H2,2-4H3,(H,22,23)/t17?,18-/m0/s1. The molecule has 0 bridgehead atoms. The quantitative estimate of drug-likeness (QED) is 0.646. The van der Waals surface area contributed by atoms with E-state index in [1.165, 1.54) is 11.9 Å². The predicted molar refractivity (Wildman–Crippen MR) is 98.5 cm³/mol. The lowest BCUT2D eigenvalue weighted by Crippen LogP contribution is -2.44. The lowest BCUT2D eigenvalue weighted by atomic mass is 10.0. The van der Waals surface area contributed by atoms with E-state index in [2.05, 4.69) is 6.58 Å². The Balaban J connectivity index is 2.77. The van der Waals surface area contributed by atoms with Gasteiger partial charge in [-0.1, -0.05) is 50.3 Å². The number of amides is 1. The molecule has 1 aromatic carbocycles. The first kappa shape index (κ1) is 20.7. The maximum absolute atomic E-state index is 12.4. The summed E-state index contributed by atoms with van der Waals surface area (Å²) in [5.41, 5.74) is 1.07. The second-order valence-corrected chi connectivity index (χ2v) is 6.66. The second kappa shape index (κ2) is 10.5. The normalized spacial score (nSPS) is 13.1. The van der Waals surface area contributed by atoms with Crippen molar-refractivity contribution in [1.29, 1.82) is 0 Å². The number of nitrogens with zero attached hydrogens (tertiary/aromatic N) is 1. The molecule has 0 fully saturated rings. The van der Waals surface area contributed by atoms with Crippen molar-refractivity contribution in [2.45, 2.75) is 51.7 Å². The van der Waals surface area contributed by atoms with Crippen molar-refractivity contribution in [2.75, 3.05) is 7.05 Å². The molecule has 5 heteroatoms. The molecule has 0 saturated heterocycles. The number of likely N-dealkylation sites (N-methyl/N-ethyl adjacent to an activating group) is 1. The lowest BCUT2D eigenvalue weighted by Gasteiger charge is -2.28. The fourth-order valence-corrected chi connectivity index (χ4v) is 2.61. The van der Waals surface area contributed by atoms with Crippen molar-refractivity contribution >= 4 is 12.1 Å². The number of carboxylic acids is 1. The molecule has 25 heavy (non-hydrogen) atoms. The van der Waals surface area contributed by atoms with Gasteiger partial charge in [0.25, 0.3) is 0 Å². The highest BCUT2D eigenvalue weighted by molar-refractivity contribution is 5.79. The molecule has 0 aliphatic rings. The van der Waals surface area contributed by atoms with Gasteiger partial charge < -0.3 is 9.84 Å². The van der Waals surface area contributed by atoms with Gasteiger partial charge in [-0.15, -0.1) is 6.58 Å². The van der Waals surface area contributed by atoms with Crippen LogP contribution in [-0.4, -0.2) is 41.3 Å². The van der Waals surface area contributed by atoms with E-state index in [1.807, 2.05) is 44.2 Å². The van der Waals surface area contributed by atoms with Gasteiger partial charge in [-0.3, -0.25) is 4.90 Å². The highest BCUT2D eigenvalue weighted by Crippen LogP contribution is 2.16. The van der Waals surface area contributed by atoms with Crippen LogP contribution in [0.25, 0.3) is 0 Å². The molecular weight excluding hydrogens is 318 g/mol. The van der Waals surface area contributed by atoms with Crippen molar-refractivity contribution in [3.63, 3.8) is 0 Å². The molecule has 0 saturated carbocycles. The maximum Gasteiger partial charge on any atom is 0.410 e. The molecule has 1 N–H and O–H groups in total. The summed E-state index contributed by atoms with van der Waals surface area (Å²) < 4.78 is 5.61. The Morgan fingerprint density at radius 2 is 1.92 bits per heavy atom. The molecule has 0 radical (unpaired) electrons. The molecule has 1 rings (SSSR count). The average Bonchev–Trinajstić information content (AvgIpc) is 2.57. The van der Waals surface area contributed by atoms with Crippen molar-refractivity contribution in [3.8, 4) is 0 Å². The van der Waals surface area contributed by atoms with E-state index in [1.54, 1.807) is 6.08 Å². The van der Waals surface area contributed by atoms with Crippen LogP contribution in [0.3, 0.4) is 0 Å². The van der Waals surface area contributed by atoms with Crippen LogP contribution in [0.2, 0.25) is 0 Å². The third-order valence-corrected chi connectivity index (χ3v) is 4.00. The van der Waals surface area contributed by atoms with Gasteiger partial charge in [0, 0.05) is 13.5 Å². The van der Waals surface area contributed by atoms with Gasteiger partial charge in [0.1, 0.15) is 12.1 Å². The fraction of sp³-hybridized carbons (Fsp3) is 0.500. The molecule has 0 aliphatic heterocycles. The van der Waals surface area contributed by atoms with E-state index in [-0.39, 0.29) is 12.0 Å². The first-order valence-corrected chi connectivity index (χ1v) is 8.66. The van der Waals surface area contributed by atoms with Gasteiger partial charge in [0.05, 0.1) is 0 Å². The van der Waals surface area contributed by atoms with E-state index in [9.17, 15) is 14.7 Å². The summed E-state index contributed by atoms with van der Waals surface area (Å²) in [6, 6.07) is 8.90. The van der Waals surface area contributed by atoms with Gasteiger partial charge in [0.2, 0.25) is 0 Å². The van der Waals surface area contributed by atoms with E-state index in [0.717, 1.165) is 12.0 Å². The Morgan fingerprint density at radius 1 is 1.28 bits per heavy atom. The Labute approximate surface area is 150 Å². The summed E-state index contributed by atoms with van der Waals surface area (Å²) in [7, 11) is 1.48. The summed E-state index contributed by atoms with van der Waals surface area (Å²) in [5, 5.41) is 9.39. The number of hydrogen-bond donors (Lipinski definition) is 1. The monoisotopic (exact) mass is 347 g/mol. The number of ether oxygens (including phenoxy) is 1. The number of benzene rings is 1. The number of carbonyl (C=O) groups excluding carboxylic acids is 1. The average molecular weight is 347 g/mol. The fourth-order valence-electron chi connectivity index (χ4n) is 2.61. The van der Waals surface area contributed by atoms with Crippen LogP contribution in [0.4, 0.5) is 4.79 Å². The molecule has 1 amide bonds. The minimum atomic E-state index is -1.01. The molecule has 0 aromatic heterocycles. The maximum atomic E-state index is 12.4. The van der Waals surface area contributed by atoms with Crippen molar-refractivity contribution in [3.05, 3.63) is 48.6 Å². The van der Waals surface area contributed by atoms with Gasteiger partial charge in [-0.05, 0) is 30.7 Å². The minimum absolute atomic E-state index is 0.164. The first-order chi connectivity index (χ1) is 11.8. The number of rotatable bonds is 10. The zero-order valence-electron chi connectivity index (χ0n) is 15.4. The van der Waals surface area contributed by atoms with E-state index in [4.69, 9.17) is 4.74 Å². The van der Waals surface area contributed by atoms with Crippen LogP contribution in [0, 0.1) is 5.92 Å². The predicted octanol–water partition coefficient (Wildman–Crippen LogP) is 4.13. The first-order valence-electron chi connectivity index (χ1n) is 8.66. The molecule has 1 aromatic rings. The van der Waals surface area contributed by atoms with Crippen LogP contribution >= 0.6 is 0 Å². The Bertz CT molecular complexity index is 556. The minimum Gasteiger partial charge on any atom is -0.480 e. The largest absolute Gasteiger partial charge is 0.480 e. The van der Waals surface area contributed by atoms with Crippen LogP contribution in [0.5, 0.6) is 0 Å². The number of carbonyl (C=O) groups is 2. The molecule has 0 spiro atoms. The third-order valence-electron chi connectivity index (χ3n) is 4.00. The number of hydrogen-bond acceptors (Lipinski definition) is 3. The topological polar surface area (TPSA) is 66.8 Å². The van der Waals surface area contributed by atoms with Crippen LogP contribution in [-0.2, 0) is 16.0 Å². The zero-order chi connectivity index (χ0) is 18.8. The smallest absolute Gasteiger partial charge is 0.410 e. The molecule has 0 aliphatic carbocycles. The second-order valence-electron chi connectivity index (χ2n) is 6.66.